The van der Waals surface area contributed by atoms with Crippen LogP contribution < -0.4 is 0 Å². The molecule has 2 heteroatoms. The van der Waals surface area contributed by atoms with E-state index >= 15 is 0 Å². The molecule has 0 aromatic carbocycles. The van der Waals surface area contributed by atoms with Crippen LogP contribution in [0.4, 0.5) is 0 Å². The molecule has 0 bridgehead atoms. The van der Waals surface area contributed by atoms with Gasteiger partial charge in [0.15, 0.2) is 0 Å². The van der Waals surface area contributed by atoms with Crippen molar-refractivity contribution in [2.24, 2.45) is 52.3 Å². The first kappa shape index (κ1) is 24.3. The second-order valence-corrected chi connectivity index (χ2v) is 13.2. The Morgan fingerprint density at radius 3 is 2.47 bits per heavy atom. The van der Waals surface area contributed by atoms with E-state index < -0.39 is 0 Å². The van der Waals surface area contributed by atoms with Gasteiger partial charge < -0.3 is 4.74 Å². The lowest BCUT2D eigenvalue weighted by molar-refractivity contribution is -0.148. The van der Waals surface area contributed by atoms with Gasteiger partial charge in [0, 0.05) is 13.3 Å². The standard InChI is InChI=1S/C30H50O2/c1-19(2)20(3)8-9-21(4)26-12-13-27-25-11-10-23-18-24(32-22(5)31)14-16-29(23,6)28(25)15-17-30(26,27)7/h10,19-21,24-28H,8-9,11-18H2,1-7H3. The van der Waals surface area contributed by atoms with Gasteiger partial charge in [-0.25, -0.2) is 0 Å². The molecule has 182 valence electrons. The summed E-state index contributed by atoms with van der Waals surface area (Å²) in [5, 5.41) is 0. The Morgan fingerprint density at radius 1 is 1.03 bits per heavy atom. The van der Waals surface area contributed by atoms with Crippen LogP contribution >= 0.6 is 0 Å². The molecule has 4 rings (SSSR count). The summed E-state index contributed by atoms with van der Waals surface area (Å²) in [6.07, 6.45) is 15.8. The number of fused-ring (bicyclic) bond motifs is 5. The van der Waals surface area contributed by atoms with Gasteiger partial charge in [0.1, 0.15) is 6.10 Å². The Balaban J connectivity index is 1.46. The first-order chi connectivity index (χ1) is 15.1. The topological polar surface area (TPSA) is 26.3 Å². The number of rotatable bonds is 6. The summed E-state index contributed by atoms with van der Waals surface area (Å²) in [7, 11) is 0. The maximum Gasteiger partial charge on any atom is 0.302 e. The Kier molecular flexibility index (Phi) is 6.92. The van der Waals surface area contributed by atoms with Crippen molar-refractivity contribution in [1.82, 2.24) is 0 Å². The second kappa shape index (κ2) is 9.10. The Hall–Kier alpha value is -0.790. The maximum atomic E-state index is 11.5. The minimum absolute atomic E-state index is 0.113. The van der Waals surface area contributed by atoms with Crippen molar-refractivity contribution in [3.05, 3.63) is 11.6 Å². The predicted molar refractivity (Wildman–Crippen MR) is 133 cm³/mol. The van der Waals surface area contributed by atoms with Gasteiger partial charge in [0.25, 0.3) is 0 Å². The van der Waals surface area contributed by atoms with Crippen molar-refractivity contribution in [1.29, 1.82) is 0 Å². The fourth-order valence-electron chi connectivity index (χ4n) is 9.00. The van der Waals surface area contributed by atoms with Crippen molar-refractivity contribution in [3.8, 4) is 0 Å². The average Bonchev–Trinajstić information content (AvgIpc) is 3.08. The summed E-state index contributed by atoms with van der Waals surface area (Å²) < 4.78 is 5.62. The maximum absolute atomic E-state index is 11.5. The zero-order valence-electron chi connectivity index (χ0n) is 22.1. The van der Waals surface area contributed by atoms with E-state index in [1.54, 1.807) is 12.5 Å². The van der Waals surface area contributed by atoms with Crippen LogP contribution in [0.25, 0.3) is 0 Å². The molecule has 3 saturated carbocycles. The van der Waals surface area contributed by atoms with Crippen LogP contribution in [0.15, 0.2) is 11.6 Å². The molecule has 0 spiro atoms. The molecule has 0 radical (unpaired) electrons. The molecule has 0 aromatic heterocycles. The average molecular weight is 443 g/mol. The van der Waals surface area contributed by atoms with Crippen LogP contribution in [0.2, 0.25) is 0 Å². The zero-order valence-corrected chi connectivity index (χ0v) is 22.1. The molecule has 0 saturated heterocycles. The highest BCUT2D eigenvalue weighted by atomic mass is 16.5. The van der Waals surface area contributed by atoms with E-state index in [9.17, 15) is 4.79 Å². The van der Waals surface area contributed by atoms with Crippen LogP contribution in [-0.2, 0) is 9.53 Å². The smallest absolute Gasteiger partial charge is 0.302 e. The molecule has 0 aliphatic heterocycles. The molecule has 0 aromatic rings. The third-order valence-corrected chi connectivity index (χ3v) is 11.4. The monoisotopic (exact) mass is 442 g/mol. The highest BCUT2D eigenvalue weighted by Crippen LogP contribution is 2.67. The number of carbonyl (C=O) groups excluding carboxylic acids is 1. The second-order valence-electron chi connectivity index (χ2n) is 13.2. The van der Waals surface area contributed by atoms with Gasteiger partial charge >= 0.3 is 5.97 Å². The lowest BCUT2D eigenvalue weighted by atomic mass is 9.47. The molecule has 9 atom stereocenters. The highest BCUT2D eigenvalue weighted by molar-refractivity contribution is 5.66. The van der Waals surface area contributed by atoms with E-state index in [2.05, 4.69) is 47.6 Å². The van der Waals surface area contributed by atoms with Crippen LogP contribution in [0.5, 0.6) is 0 Å². The lowest BCUT2D eigenvalue weighted by Crippen LogP contribution is -2.51. The van der Waals surface area contributed by atoms with Gasteiger partial charge in [-0.1, -0.05) is 66.0 Å². The Bertz CT molecular complexity index is 722. The van der Waals surface area contributed by atoms with Crippen molar-refractivity contribution in [2.45, 2.75) is 119 Å². The molecule has 0 amide bonds. The minimum Gasteiger partial charge on any atom is -0.462 e. The first-order valence-electron chi connectivity index (χ1n) is 13.9. The van der Waals surface area contributed by atoms with Crippen molar-refractivity contribution in [2.75, 3.05) is 0 Å². The van der Waals surface area contributed by atoms with Crippen LogP contribution in [-0.4, -0.2) is 12.1 Å². The Labute approximate surface area is 198 Å². The number of hydrogen-bond acceptors (Lipinski definition) is 2. The van der Waals surface area contributed by atoms with E-state index in [1.165, 1.54) is 51.4 Å². The Morgan fingerprint density at radius 2 is 1.78 bits per heavy atom. The molecule has 0 heterocycles. The molecular weight excluding hydrogens is 392 g/mol. The van der Waals surface area contributed by atoms with Gasteiger partial charge in [-0.3, -0.25) is 4.79 Å². The van der Waals surface area contributed by atoms with Crippen molar-refractivity contribution in [3.63, 3.8) is 0 Å². The largest absolute Gasteiger partial charge is 0.462 e. The SMILES string of the molecule is CC(=O)OC1CCC2(C)C(=CCC3C2CCC2(C)C(C(C)CCC(C)C(C)C)CCC32)C1. The summed E-state index contributed by atoms with van der Waals surface area (Å²) in [4.78, 5) is 11.5. The van der Waals surface area contributed by atoms with Crippen molar-refractivity contribution >= 4 is 5.97 Å². The third kappa shape index (κ3) is 4.22. The number of ether oxygens (including phenoxy) is 1. The highest BCUT2D eigenvalue weighted by Gasteiger charge is 2.59. The predicted octanol–water partition coefficient (Wildman–Crippen LogP) is 8.21. The molecule has 32 heavy (non-hydrogen) atoms. The summed E-state index contributed by atoms with van der Waals surface area (Å²) >= 11 is 0. The van der Waals surface area contributed by atoms with Gasteiger partial charge in [-0.15, -0.1) is 0 Å². The summed E-state index contributed by atoms with van der Waals surface area (Å²) in [5.41, 5.74) is 2.51. The molecule has 9 unspecified atom stereocenters. The summed E-state index contributed by atoms with van der Waals surface area (Å²) in [6, 6.07) is 0. The van der Waals surface area contributed by atoms with Gasteiger partial charge in [0.05, 0.1) is 0 Å². The minimum atomic E-state index is -0.116. The number of allylic oxidation sites excluding steroid dienone is 1. The van der Waals surface area contributed by atoms with Crippen LogP contribution in [0, 0.1) is 52.3 Å². The zero-order chi connectivity index (χ0) is 23.3. The summed E-state index contributed by atoms with van der Waals surface area (Å²) in [5.74, 6) is 5.96. The summed E-state index contributed by atoms with van der Waals surface area (Å²) in [6.45, 7) is 16.6. The van der Waals surface area contributed by atoms with E-state index in [1.807, 2.05) is 0 Å². The van der Waals surface area contributed by atoms with E-state index in [0.717, 1.165) is 54.3 Å². The first-order valence-corrected chi connectivity index (χ1v) is 13.9. The normalized spacial score (nSPS) is 43.0. The van der Waals surface area contributed by atoms with Crippen LogP contribution in [0.3, 0.4) is 0 Å². The number of esters is 1. The van der Waals surface area contributed by atoms with Gasteiger partial charge in [-0.05, 0) is 97.2 Å². The van der Waals surface area contributed by atoms with Crippen molar-refractivity contribution < 1.29 is 9.53 Å². The quantitative estimate of drug-likeness (QED) is 0.306. The molecule has 3 fully saturated rings. The van der Waals surface area contributed by atoms with Gasteiger partial charge in [0.2, 0.25) is 0 Å². The molecule has 2 nitrogen and oxygen atoms in total. The number of carbonyl (C=O) groups is 1. The molecule has 4 aliphatic rings. The van der Waals surface area contributed by atoms with Crippen LogP contribution in [0.1, 0.15) is 113 Å². The van der Waals surface area contributed by atoms with E-state index in [4.69, 9.17) is 4.74 Å². The van der Waals surface area contributed by atoms with Gasteiger partial charge in [-0.2, -0.15) is 0 Å². The van der Waals surface area contributed by atoms with E-state index in [-0.39, 0.29) is 12.1 Å². The number of hydrogen-bond donors (Lipinski definition) is 0. The van der Waals surface area contributed by atoms with E-state index in [0.29, 0.717) is 10.8 Å². The fourth-order valence-corrected chi connectivity index (χ4v) is 9.00. The fraction of sp³-hybridized carbons (Fsp3) is 0.900. The molecular formula is C30H50O2. The third-order valence-electron chi connectivity index (χ3n) is 11.4. The molecule has 0 N–H and O–H groups in total. The molecule has 4 aliphatic carbocycles. The lowest BCUT2D eigenvalue weighted by Gasteiger charge is -2.58.